The molecule has 0 unspecified atom stereocenters. The Morgan fingerprint density at radius 1 is 1.00 bits per heavy atom. The standard InChI is InChI=1S/C25H28N4O5/c30-24(26-8-7-18-14-27-20-4-2-1-3-19(18)20)25(31)28-15-21(29-9-11-32-12-10-29)17-5-6-22-23(13-17)34-16-33-22/h1-6,13-14,21,27H,7-12,15-16H2,(H,26,30)(H,28,31)/t21-/m1/s1. The lowest BCUT2D eigenvalue weighted by Gasteiger charge is -2.34. The molecule has 0 aliphatic carbocycles. The summed E-state index contributed by atoms with van der Waals surface area (Å²) in [6.45, 7) is 3.62. The van der Waals surface area contributed by atoms with Crippen molar-refractivity contribution in [3.05, 3.63) is 59.8 Å². The molecule has 2 amide bonds. The van der Waals surface area contributed by atoms with Gasteiger partial charge in [-0.3, -0.25) is 14.5 Å². The van der Waals surface area contributed by atoms with E-state index < -0.39 is 11.8 Å². The molecule has 9 nitrogen and oxygen atoms in total. The van der Waals surface area contributed by atoms with E-state index in [0.717, 1.165) is 35.1 Å². The number of morpholine rings is 1. The zero-order valence-electron chi connectivity index (χ0n) is 18.8. The number of carbonyl (C=O) groups excluding carboxylic acids is 2. The lowest BCUT2D eigenvalue weighted by molar-refractivity contribution is -0.139. The van der Waals surface area contributed by atoms with Gasteiger partial charge in [-0.25, -0.2) is 0 Å². The van der Waals surface area contributed by atoms with Crippen LogP contribution in [-0.4, -0.2) is 67.9 Å². The summed E-state index contributed by atoms with van der Waals surface area (Å²) < 4.78 is 16.4. The summed E-state index contributed by atoms with van der Waals surface area (Å²) in [6.07, 6.45) is 2.58. The molecule has 2 aliphatic rings. The van der Waals surface area contributed by atoms with Gasteiger partial charge in [-0.15, -0.1) is 0 Å². The van der Waals surface area contributed by atoms with E-state index in [9.17, 15) is 9.59 Å². The molecule has 1 atom stereocenters. The number of nitrogens with one attached hydrogen (secondary N) is 3. The molecule has 0 spiro atoms. The number of benzene rings is 2. The first-order valence-corrected chi connectivity index (χ1v) is 11.5. The molecule has 1 aromatic heterocycles. The molecule has 1 fully saturated rings. The van der Waals surface area contributed by atoms with Crippen LogP contribution >= 0.6 is 0 Å². The quantitative estimate of drug-likeness (QED) is 0.460. The van der Waals surface area contributed by atoms with Crippen LogP contribution in [0.15, 0.2) is 48.7 Å². The fourth-order valence-electron chi connectivity index (χ4n) is 4.47. The van der Waals surface area contributed by atoms with Crippen molar-refractivity contribution < 1.29 is 23.8 Å². The first kappa shape index (κ1) is 22.2. The number of aromatic amines is 1. The first-order chi connectivity index (χ1) is 16.7. The van der Waals surface area contributed by atoms with E-state index in [4.69, 9.17) is 14.2 Å². The highest BCUT2D eigenvalue weighted by Crippen LogP contribution is 2.35. The summed E-state index contributed by atoms with van der Waals surface area (Å²) in [5, 5.41) is 6.66. The summed E-state index contributed by atoms with van der Waals surface area (Å²) in [5.74, 6) is 0.129. The Labute approximate surface area is 197 Å². The van der Waals surface area contributed by atoms with Crippen LogP contribution in [0.5, 0.6) is 11.5 Å². The topological polar surface area (TPSA) is 105 Å². The van der Waals surface area contributed by atoms with E-state index >= 15 is 0 Å². The zero-order chi connectivity index (χ0) is 23.3. The van der Waals surface area contributed by atoms with Gasteiger partial charge in [0.25, 0.3) is 0 Å². The number of nitrogens with zero attached hydrogens (tertiary/aromatic N) is 1. The maximum absolute atomic E-state index is 12.5. The van der Waals surface area contributed by atoms with E-state index in [-0.39, 0.29) is 12.8 Å². The molecule has 2 aromatic carbocycles. The van der Waals surface area contributed by atoms with Crippen LogP contribution in [0.4, 0.5) is 0 Å². The van der Waals surface area contributed by atoms with Crippen molar-refractivity contribution in [2.75, 3.05) is 46.2 Å². The monoisotopic (exact) mass is 464 g/mol. The lowest BCUT2D eigenvalue weighted by atomic mass is 10.0. The van der Waals surface area contributed by atoms with Crippen molar-refractivity contribution in [3.63, 3.8) is 0 Å². The van der Waals surface area contributed by atoms with Crippen molar-refractivity contribution in [3.8, 4) is 11.5 Å². The third kappa shape index (κ3) is 4.85. The molecule has 9 heteroatoms. The first-order valence-electron chi connectivity index (χ1n) is 11.5. The Hall–Kier alpha value is -3.56. The van der Waals surface area contributed by atoms with Gasteiger partial charge in [0.2, 0.25) is 6.79 Å². The summed E-state index contributed by atoms with van der Waals surface area (Å²) in [6, 6.07) is 13.7. The van der Waals surface area contributed by atoms with Gasteiger partial charge in [0, 0.05) is 43.3 Å². The average Bonchev–Trinajstić information content (AvgIpc) is 3.51. The molecule has 3 heterocycles. The van der Waals surface area contributed by atoms with Crippen LogP contribution < -0.4 is 20.1 Å². The third-order valence-corrected chi connectivity index (χ3v) is 6.28. The van der Waals surface area contributed by atoms with Crippen LogP contribution in [-0.2, 0) is 20.7 Å². The molecule has 3 N–H and O–H groups in total. The number of aromatic nitrogens is 1. The van der Waals surface area contributed by atoms with E-state index in [1.807, 2.05) is 48.7 Å². The molecule has 1 saturated heterocycles. The smallest absolute Gasteiger partial charge is 0.309 e. The Morgan fingerprint density at radius 3 is 2.68 bits per heavy atom. The maximum atomic E-state index is 12.5. The molecular formula is C25H28N4O5. The number of hydrogen-bond donors (Lipinski definition) is 3. The van der Waals surface area contributed by atoms with E-state index in [1.54, 1.807) is 0 Å². The van der Waals surface area contributed by atoms with Gasteiger partial charge in [-0.2, -0.15) is 0 Å². The van der Waals surface area contributed by atoms with Gasteiger partial charge >= 0.3 is 11.8 Å². The molecule has 0 saturated carbocycles. The second kappa shape index (κ2) is 10.1. The van der Waals surface area contributed by atoms with Gasteiger partial charge < -0.3 is 29.8 Å². The fraction of sp³-hybridized carbons (Fsp3) is 0.360. The van der Waals surface area contributed by atoms with Crippen molar-refractivity contribution in [1.82, 2.24) is 20.5 Å². The molecule has 178 valence electrons. The highest BCUT2D eigenvalue weighted by atomic mass is 16.7. The van der Waals surface area contributed by atoms with Gasteiger partial charge in [0.15, 0.2) is 11.5 Å². The Balaban J connectivity index is 1.17. The minimum atomic E-state index is -0.641. The number of H-pyrrole nitrogens is 1. The molecule has 2 aliphatic heterocycles. The van der Waals surface area contributed by atoms with Gasteiger partial charge in [-0.05, 0) is 35.7 Å². The summed E-state index contributed by atoms with van der Waals surface area (Å²) in [4.78, 5) is 30.4. The summed E-state index contributed by atoms with van der Waals surface area (Å²) in [5.41, 5.74) is 3.15. The Morgan fingerprint density at radius 2 is 1.79 bits per heavy atom. The highest BCUT2D eigenvalue weighted by Gasteiger charge is 2.26. The number of rotatable bonds is 7. The number of hydrogen-bond acceptors (Lipinski definition) is 6. The second-order valence-corrected chi connectivity index (χ2v) is 8.35. The third-order valence-electron chi connectivity index (χ3n) is 6.28. The van der Waals surface area contributed by atoms with Gasteiger partial charge in [0.05, 0.1) is 19.3 Å². The number of ether oxygens (including phenoxy) is 3. The van der Waals surface area contributed by atoms with E-state index in [1.165, 1.54) is 0 Å². The van der Waals surface area contributed by atoms with Crippen LogP contribution in [0.3, 0.4) is 0 Å². The average molecular weight is 465 g/mol. The number of fused-ring (bicyclic) bond motifs is 2. The predicted octanol–water partition coefficient (Wildman–Crippen LogP) is 1.74. The number of para-hydroxylation sites is 1. The van der Waals surface area contributed by atoms with Gasteiger partial charge in [0.1, 0.15) is 0 Å². The SMILES string of the molecule is O=C(NCCc1c[nH]c2ccccc12)C(=O)NC[C@H](c1ccc2c(c1)OCO2)N1CCOCC1. The van der Waals surface area contributed by atoms with Crippen LogP contribution in [0, 0.1) is 0 Å². The normalized spacial score (nSPS) is 16.4. The molecule has 0 radical (unpaired) electrons. The molecule has 5 rings (SSSR count). The number of carbonyl (C=O) groups is 2. The Kier molecular flexibility index (Phi) is 6.64. The Bertz CT molecular complexity index is 1170. The van der Waals surface area contributed by atoms with Crippen molar-refractivity contribution in [2.24, 2.45) is 0 Å². The van der Waals surface area contributed by atoms with Crippen molar-refractivity contribution in [1.29, 1.82) is 0 Å². The largest absolute Gasteiger partial charge is 0.454 e. The van der Waals surface area contributed by atoms with Gasteiger partial charge in [-0.1, -0.05) is 24.3 Å². The number of amides is 2. The second-order valence-electron chi connectivity index (χ2n) is 8.35. The minimum Gasteiger partial charge on any atom is -0.454 e. The van der Waals surface area contributed by atoms with Crippen LogP contribution in [0.25, 0.3) is 10.9 Å². The van der Waals surface area contributed by atoms with Crippen molar-refractivity contribution >= 4 is 22.7 Å². The lowest BCUT2D eigenvalue weighted by Crippen LogP contribution is -2.47. The predicted molar refractivity (Wildman–Crippen MR) is 126 cm³/mol. The minimum absolute atomic E-state index is 0.110. The zero-order valence-corrected chi connectivity index (χ0v) is 18.8. The summed E-state index contributed by atoms with van der Waals surface area (Å²) in [7, 11) is 0. The van der Waals surface area contributed by atoms with Crippen LogP contribution in [0.1, 0.15) is 17.2 Å². The summed E-state index contributed by atoms with van der Waals surface area (Å²) >= 11 is 0. The van der Waals surface area contributed by atoms with E-state index in [2.05, 4.69) is 20.5 Å². The van der Waals surface area contributed by atoms with Crippen molar-refractivity contribution in [2.45, 2.75) is 12.5 Å². The molecular weight excluding hydrogens is 436 g/mol. The molecule has 0 bridgehead atoms. The fourth-order valence-corrected chi connectivity index (χ4v) is 4.47. The van der Waals surface area contributed by atoms with Crippen LogP contribution in [0.2, 0.25) is 0 Å². The maximum Gasteiger partial charge on any atom is 0.309 e. The highest BCUT2D eigenvalue weighted by molar-refractivity contribution is 6.35. The molecule has 3 aromatic rings. The molecule has 34 heavy (non-hydrogen) atoms. The van der Waals surface area contributed by atoms with E-state index in [0.29, 0.717) is 44.2 Å².